The van der Waals surface area contributed by atoms with E-state index in [1.165, 1.54) is 7.11 Å². The Morgan fingerprint density at radius 1 is 1.19 bits per heavy atom. The highest BCUT2D eigenvalue weighted by Gasteiger charge is 2.29. The standard InChI is InChI=1S/C19H31NO7/c1-13(2)17(18(22)23-6)14-12-15(20-27-14)25-11-10-24-9-7-8-16(21)26-19(3,4)5/h12-13,17H,7-11H2,1-6H3. The Kier molecular flexibility index (Phi) is 9.28. The van der Waals surface area contributed by atoms with E-state index in [0.717, 1.165) is 0 Å². The third-order valence-corrected chi connectivity index (χ3v) is 3.50. The summed E-state index contributed by atoms with van der Waals surface area (Å²) < 4.78 is 26.1. The molecule has 1 unspecified atom stereocenters. The first-order chi connectivity index (χ1) is 12.6. The molecule has 0 aliphatic heterocycles. The molecule has 1 heterocycles. The first kappa shape index (κ1) is 23.0. The minimum atomic E-state index is -0.524. The largest absolute Gasteiger partial charge is 0.473 e. The van der Waals surface area contributed by atoms with E-state index < -0.39 is 11.5 Å². The fourth-order valence-electron chi connectivity index (χ4n) is 2.35. The smallest absolute Gasteiger partial charge is 0.316 e. The second-order valence-corrected chi connectivity index (χ2v) is 7.46. The van der Waals surface area contributed by atoms with Crippen LogP contribution in [0.15, 0.2) is 10.6 Å². The van der Waals surface area contributed by atoms with Gasteiger partial charge < -0.3 is 23.5 Å². The number of hydrogen-bond acceptors (Lipinski definition) is 8. The van der Waals surface area contributed by atoms with Gasteiger partial charge in [-0.1, -0.05) is 13.8 Å². The summed E-state index contributed by atoms with van der Waals surface area (Å²) in [6.07, 6.45) is 0.896. The number of nitrogens with zero attached hydrogens (tertiary/aromatic N) is 1. The Morgan fingerprint density at radius 3 is 2.48 bits per heavy atom. The summed E-state index contributed by atoms with van der Waals surface area (Å²) in [5, 5.41) is 3.81. The first-order valence-electron chi connectivity index (χ1n) is 9.11. The Morgan fingerprint density at radius 2 is 1.89 bits per heavy atom. The Bertz CT molecular complexity index is 589. The van der Waals surface area contributed by atoms with Gasteiger partial charge in [0.2, 0.25) is 0 Å². The highest BCUT2D eigenvalue weighted by atomic mass is 16.6. The molecule has 0 radical (unpaired) electrons. The van der Waals surface area contributed by atoms with Crippen molar-refractivity contribution in [1.29, 1.82) is 0 Å². The summed E-state index contributed by atoms with van der Waals surface area (Å²) >= 11 is 0. The van der Waals surface area contributed by atoms with Gasteiger partial charge in [-0.2, -0.15) is 0 Å². The molecule has 0 fully saturated rings. The van der Waals surface area contributed by atoms with Crippen LogP contribution in [0, 0.1) is 5.92 Å². The van der Waals surface area contributed by atoms with Gasteiger partial charge in [0.15, 0.2) is 5.76 Å². The average molecular weight is 385 g/mol. The van der Waals surface area contributed by atoms with Crippen molar-refractivity contribution in [1.82, 2.24) is 5.16 Å². The van der Waals surface area contributed by atoms with Gasteiger partial charge in [-0.15, -0.1) is 0 Å². The van der Waals surface area contributed by atoms with E-state index in [2.05, 4.69) is 5.16 Å². The highest BCUT2D eigenvalue weighted by molar-refractivity contribution is 5.77. The molecule has 1 atom stereocenters. The van der Waals surface area contributed by atoms with Crippen LogP contribution in [0.5, 0.6) is 5.88 Å². The summed E-state index contributed by atoms with van der Waals surface area (Å²) in [6.45, 7) is 10.4. The third-order valence-electron chi connectivity index (χ3n) is 3.50. The second kappa shape index (κ2) is 10.9. The average Bonchev–Trinajstić information content (AvgIpc) is 3.00. The molecule has 0 spiro atoms. The van der Waals surface area contributed by atoms with Crippen molar-refractivity contribution in [3.8, 4) is 5.88 Å². The third kappa shape index (κ3) is 8.90. The van der Waals surface area contributed by atoms with Crippen molar-refractivity contribution in [2.24, 2.45) is 5.92 Å². The van der Waals surface area contributed by atoms with Crippen LogP contribution in [0.3, 0.4) is 0 Å². The van der Waals surface area contributed by atoms with Crippen molar-refractivity contribution in [2.75, 3.05) is 26.9 Å². The lowest BCUT2D eigenvalue weighted by Gasteiger charge is -2.19. The predicted octanol–water partition coefficient (Wildman–Crippen LogP) is 3.10. The zero-order valence-corrected chi connectivity index (χ0v) is 17.1. The highest BCUT2D eigenvalue weighted by Crippen LogP contribution is 2.28. The molecule has 0 aromatic carbocycles. The number of methoxy groups -OCH3 is 1. The lowest BCUT2D eigenvalue weighted by molar-refractivity contribution is -0.155. The van der Waals surface area contributed by atoms with E-state index >= 15 is 0 Å². The van der Waals surface area contributed by atoms with Gasteiger partial charge in [0.05, 0.1) is 13.7 Å². The van der Waals surface area contributed by atoms with Gasteiger partial charge in [0.25, 0.3) is 5.88 Å². The molecule has 154 valence electrons. The van der Waals surface area contributed by atoms with Gasteiger partial charge in [-0.3, -0.25) is 9.59 Å². The molecular weight excluding hydrogens is 354 g/mol. The monoisotopic (exact) mass is 385 g/mol. The Labute approximate surface area is 160 Å². The number of ether oxygens (including phenoxy) is 4. The van der Waals surface area contributed by atoms with E-state index in [0.29, 0.717) is 31.8 Å². The van der Waals surface area contributed by atoms with Crippen LogP contribution in [0.4, 0.5) is 0 Å². The molecule has 0 aliphatic rings. The van der Waals surface area contributed by atoms with E-state index in [1.54, 1.807) is 6.07 Å². The van der Waals surface area contributed by atoms with Crippen molar-refractivity contribution in [2.45, 2.75) is 59.0 Å². The molecule has 27 heavy (non-hydrogen) atoms. The SMILES string of the molecule is COC(=O)C(c1cc(OCCOCCCC(=O)OC(C)(C)C)no1)C(C)C. The fraction of sp³-hybridized carbons (Fsp3) is 0.737. The number of aromatic nitrogens is 1. The lowest BCUT2D eigenvalue weighted by Crippen LogP contribution is -2.23. The second-order valence-electron chi connectivity index (χ2n) is 7.46. The fourth-order valence-corrected chi connectivity index (χ4v) is 2.35. The van der Waals surface area contributed by atoms with Crippen LogP contribution in [-0.2, 0) is 23.8 Å². The van der Waals surface area contributed by atoms with Gasteiger partial charge in [-0.05, 0) is 38.3 Å². The van der Waals surface area contributed by atoms with Crippen LogP contribution in [0.1, 0.15) is 59.1 Å². The lowest BCUT2D eigenvalue weighted by atomic mass is 9.93. The predicted molar refractivity (Wildman–Crippen MR) is 97.5 cm³/mol. The van der Waals surface area contributed by atoms with Crippen LogP contribution < -0.4 is 4.74 Å². The van der Waals surface area contributed by atoms with E-state index in [1.807, 2.05) is 34.6 Å². The molecule has 1 rings (SSSR count). The van der Waals surface area contributed by atoms with E-state index in [4.69, 9.17) is 23.5 Å². The molecule has 1 aromatic heterocycles. The Hall–Kier alpha value is -2.09. The number of rotatable bonds is 11. The molecule has 0 amide bonds. The molecule has 0 N–H and O–H groups in total. The van der Waals surface area contributed by atoms with Crippen LogP contribution in [0.25, 0.3) is 0 Å². The summed E-state index contributed by atoms with van der Waals surface area (Å²) in [7, 11) is 1.34. The van der Waals surface area contributed by atoms with Crippen LogP contribution in [-0.4, -0.2) is 49.6 Å². The van der Waals surface area contributed by atoms with Crippen LogP contribution >= 0.6 is 0 Å². The minimum Gasteiger partial charge on any atom is -0.473 e. The molecule has 0 bridgehead atoms. The Balaban J connectivity index is 2.25. The number of hydrogen-bond donors (Lipinski definition) is 0. The van der Waals surface area contributed by atoms with Crippen LogP contribution in [0.2, 0.25) is 0 Å². The molecule has 1 aromatic rings. The summed E-state index contributed by atoms with van der Waals surface area (Å²) in [6, 6.07) is 1.59. The molecule has 8 nitrogen and oxygen atoms in total. The molecule has 8 heteroatoms. The molecule has 0 saturated carbocycles. The minimum absolute atomic E-state index is 0.00607. The van der Waals surface area contributed by atoms with E-state index in [-0.39, 0.29) is 30.3 Å². The quantitative estimate of drug-likeness (QED) is 0.423. The van der Waals surface area contributed by atoms with Gasteiger partial charge in [-0.25, -0.2) is 0 Å². The van der Waals surface area contributed by atoms with Crippen molar-refractivity contribution in [3.63, 3.8) is 0 Å². The first-order valence-corrected chi connectivity index (χ1v) is 9.11. The maximum Gasteiger partial charge on any atom is 0.316 e. The number of carbonyl (C=O) groups excluding carboxylic acids is 2. The summed E-state index contributed by atoms with van der Waals surface area (Å²) in [5.41, 5.74) is -0.468. The maximum atomic E-state index is 11.8. The molecular formula is C19H31NO7. The van der Waals surface area contributed by atoms with Crippen molar-refractivity contribution >= 4 is 11.9 Å². The van der Waals surface area contributed by atoms with Gasteiger partial charge in [0, 0.05) is 19.1 Å². The summed E-state index contributed by atoms with van der Waals surface area (Å²) in [5.74, 6) is -0.429. The van der Waals surface area contributed by atoms with Crippen molar-refractivity contribution in [3.05, 3.63) is 11.8 Å². The topological polar surface area (TPSA) is 97.1 Å². The maximum absolute atomic E-state index is 11.8. The molecule has 0 aliphatic carbocycles. The number of carbonyl (C=O) groups is 2. The van der Waals surface area contributed by atoms with Crippen molar-refractivity contribution < 1.29 is 33.1 Å². The zero-order valence-electron chi connectivity index (χ0n) is 17.1. The summed E-state index contributed by atoms with van der Waals surface area (Å²) in [4.78, 5) is 23.4. The molecule has 0 saturated heterocycles. The van der Waals surface area contributed by atoms with Gasteiger partial charge >= 0.3 is 11.9 Å². The van der Waals surface area contributed by atoms with Gasteiger partial charge in [0.1, 0.15) is 18.1 Å². The van der Waals surface area contributed by atoms with E-state index in [9.17, 15) is 9.59 Å². The normalized spacial score (nSPS) is 12.7. The number of esters is 2. The zero-order chi connectivity index (χ0) is 20.4.